The van der Waals surface area contributed by atoms with Crippen LogP contribution in [0.15, 0.2) is 24.3 Å². The fourth-order valence-electron chi connectivity index (χ4n) is 1.19. The molecule has 1 aromatic rings. The van der Waals surface area contributed by atoms with E-state index in [2.05, 4.69) is 0 Å². The van der Waals surface area contributed by atoms with E-state index in [9.17, 15) is 9.90 Å². The van der Waals surface area contributed by atoms with Gasteiger partial charge in [-0.25, -0.2) is 0 Å². The van der Waals surface area contributed by atoms with Crippen LogP contribution in [0.3, 0.4) is 0 Å². The van der Waals surface area contributed by atoms with Crippen LogP contribution in [0.4, 0.5) is 0 Å². The van der Waals surface area contributed by atoms with Gasteiger partial charge in [0.05, 0.1) is 0 Å². The van der Waals surface area contributed by atoms with E-state index in [0.29, 0.717) is 12.1 Å². The molecule has 0 spiro atoms. The molecule has 0 saturated carbocycles. The summed E-state index contributed by atoms with van der Waals surface area (Å²) in [6.45, 7) is 3.35. The van der Waals surface area contributed by atoms with Gasteiger partial charge in [0.25, 0.3) is 0 Å². The number of carbonyl (C=O) groups is 1. The molecular weight excluding hydrogens is 178 g/mol. The second kappa shape index (κ2) is 3.90. The molecule has 14 heavy (non-hydrogen) atoms. The van der Waals surface area contributed by atoms with Crippen molar-refractivity contribution in [3.05, 3.63) is 35.4 Å². The van der Waals surface area contributed by atoms with Gasteiger partial charge in [-0.15, -0.1) is 0 Å². The third kappa shape index (κ3) is 2.40. The zero-order chi connectivity index (χ0) is 10.8. The SMILES string of the molecule is CC(C)(O)C(=O)c1cccc(CN)c1. The Hall–Kier alpha value is -1.19. The Balaban J connectivity index is 3.02. The van der Waals surface area contributed by atoms with E-state index >= 15 is 0 Å². The van der Waals surface area contributed by atoms with Crippen molar-refractivity contribution in [1.29, 1.82) is 0 Å². The van der Waals surface area contributed by atoms with Crippen LogP contribution in [0.25, 0.3) is 0 Å². The average Bonchev–Trinajstić information content (AvgIpc) is 2.15. The fraction of sp³-hybridized carbons (Fsp3) is 0.364. The Morgan fingerprint density at radius 2 is 2.14 bits per heavy atom. The summed E-state index contributed by atoms with van der Waals surface area (Å²) in [5.41, 5.74) is 5.52. The van der Waals surface area contributed by atoms with Crippen LogP contribution >= 0.6 is 0 Å². The van der Waals surface area contributed by atoms with Crippen LogP contribution in [0.1, 0.15) is 29.8 Å². The third-order valence-corrected chi connectivity index (χ3v) is 1.98. The maximum atomic E-state index is 11.6. The minimum absolute atomic E-state index is 0.284. The molecule has 3 nitrogen and oxygen atoms in total. The Bertz CT molecular complexity index is 339. The van der Waals surface area contributed by atoms with Gasteiger partial charge >= 0.3 is 0 Å². The highest BCUT2D eigenvalue weighted by molar-refractivity contribution is 6.01. The second-order valence-electron chi connectivity index (χ2n) is 3.79. The Morgan fingerprint density at radius 3 is 2.64 bits per heavy atom. The first-order chi connectivity index (χ1) is 6.45. The molecule has 76 valence electrons. The van der Waals surface area contributed by atoms with Gasteiger partial charge in [-0.3, -0.25) is 4.79 Å². The number of benzene rings is 1. The summed E-state index contributed by atoms with van der Waals surface area (Å²) in [7, 11) is 0. The molecule has 0 unspecified atom stereocenters. The molecule has 1 rings (SSSR count). The summed E-state index contributed by atoms with van der Waals surface area (Å²) >= 11 is 0. The molecule has 0 aliphatic rings. The maximum absolute atomic E-state index is 11.6. The molecule has 0 radical (unpaired) electrons. The van der Waals surface area contributed by atoms with E-state index in [-0.39, 0.29) is 5.78 Å². The number of Topliss-reactive ketones (excluding diaryl/α,β-unsaturated/α-hetero) is 1. The predicted molar refractivity (Wildman–Crippen MR) is 55.0 cm³/mol. The molecule has 0 bridgehead atoms. The lowest BCUT2D eigenvalue weighted by Crippen LogP contribution is -2.31. The molecule has 0 aliphatic heterocycles. The van der Waals surface area contributed by atoms with Crippen LogP contribution < -0.4 is 5.73 Å². The highest BCUT2D eigenvalue weighted by Gasteiger charge is 2.24. The largest absolute Gasteiger partial charge is 0.382 e. The van der Waals surface area contributed by atoms with Crippen LogP contribution in [-0.2, 0) is 6.54 Å². The molecule has 0 aliphatic carbocycles. The fourth-order valence-corrected chi connectivity index (χ4v) is 1.19. The van der Waals surface area contributed by atoms with Crippen molar-refractivity contribution >= 4 is 5.78 Å². The zero-order valence-electron chi connectivity index (χ0n) is 8.45. The standard InChI is InChI=1S/C11H15NO2/c1-11(2,14)10(13)9-5-3-4-8(6-9)7-12/h3-6,14H,7,12H2,1-2H3. The van der Waals surface area contributed by atoms with Gasteiger partial charge in [0.15, 0.2) is 5.78 Å². The van der Waals surface area contributed by atoms with E-state index in [4.69, 9.17) is 5.73 Å². The summed E-state index contributed by atoms with van der Waals surface area (Å²) in [5.74, 6) is -0.284. The number of rotatable bonds is 3. The van der Waals surface area contributed by atoms with Gasteiger partial charge in [0.1, 0.15) is 5.60 Å². The number of hydrogen-bond donors (Lipinski definition) is 2. The number of ketones is 1. The van der Waals surface area contributed by atoms with Gasteiger partial charge in [0.2, 0.25) is 0 Å². The van der Waals surface area contributed by atoms with Crippen LogP contribution in [0.5, 0.6) is 0 Å². The lowest BCUT2D eigenvalue weighted by molar-refractivity contribution is 0.0488. The van der Waals surface area contributed by atoms with Crippen molar-refractivity contribution in [3.63, 3.8) is 0 Å². The van der Waals surface area contributed by atoms with E-state index in [1.54, 1.807) is 18.2 Å². The van der Waals surface area contributed by atoms with Crippen molar-refractivity contribution in [1.82, 2.24) is 0 Å². The Morgan fingerprint density at radius 1 is 1.50 bits per heavy atom. The number of hydrogen-bond acceptors (Lipinski definition) is 3. The summed E-state index contributed by atoms with van der Waals surface area (Å²) in [6, 6.07) is 7.00. The first-order valence-corrected chi connectivity index (χ1v) is 4.51. The van der Waals surface area contributed by atoms with E-state index in [1.165, 1.54) is 13.8 Å². The van der Waals surface area contributed by atoms with Crippen LogP contribution in [-0.4, -0.2) is 16.5 Å². The molecule has 0 heterocycles. The molecule has 3 heteroatoms. The lowest BCUT2D eigenvalue weighted by atomic mass is 9.96. The van der Waals surface area contributed by atoms with Crippen molar-refractivity contribution in [3.8, 4) is 0 Å². The summed E-state index contributed by atoms with van der Waals surface area (Å²) < 4.78 is 0. The smallest absolute Gasteiger partial charge is 0.193 e. The molecule has 1 aromatic carbocycles. The first-order valence-electron chi connectivity index (χ1n) is 4.51. The van der Waals surface area contributed by atoms with Gasteiger partial charge in [-0.05, 0) is 25.5 Å². The predicted octanol–water partition coefficient (Wildman–Crippen LogP) is 1.10. The Labute approximate surface area is 83.6 Å². The average molecular weight is 193 g/mol. The maximum Gasteiger partial charge on any atom is 0.193 e. The van der Waals surface area contributed by atoms with Crippen LogP contribution in [0.2, 0.25) is 0 Å². The van der Waals surface area contributed by atoms with E-state index in [0.717, 1.165) is 5.56 Å². The van der Waals surface area contributed by atoms with Crippen molar-refractivity contribution in [2.75, 3.05) is 0 Å². The normalized spacial score (nSPS) is 11.4. The molecule has 0 fully saturated rings. The summed E-state index contributed by atoms with van der Waals surface area (Å²) in [5, 5.41) is 9.52. The molecule has 0 aromatic heterocycles. The highest BCUT2D eigenvalue weighted by atomic mass is 16.3. The zero-order valence-corrected chi connectivity index (χ0v) is 8.45. The van der Waals surface area contributed by atoms with Gasteiger partial charge in [0, 0.05) is 12.1 Å². The molecule has 0 saturated heterocycles. The van der Waals surface area contributed by atoms with Crippen molar-refractivity contribution in [2.24, 2.45) is 5.73 Å². The Kier molecular flexibility index (Phi) is 3.03. The number of nitrogens with two attached hydrogens (primary N) is 1. The first kappa shape index (κ1) is 10.9. The third-order valence-electron chi connectivity index (χ3n) is 1.98. The van der Waals surface area contributed by atoms with Crippen molar-refractivity contribution in [2.45, 2.75) is 26.0 Å². The van der Waals surface area contributed by atoms with E-state index in [1.807, 2.05) is 6.07 Å². The summed E-state index contributed by atoms with van der Waals surface area (Å²) in [6.07, 6.45) is 0. The topological polar surface area (TPSA) is 63.3 Å². The molecular formula is C11H15NO2. The number of carbonyl (C=O) groups excluding carboxylic acids is 1. The monoisotopic (exact) mass is 193 g/mol. The molecule has 3 N–H and O–H groups in total. The molecule has 0 amide bonds. The van der Waals surface area contributed by atoms with Crippen LogP contribution in [0, 0.1) is 0 Å². The minimum atomic E-state index is -1.33. The van der Waals surface area contributed by atoms with E-state index < -0.39 is 5.60 Å². The summed E-state index contributed by atoms with van der Waals surface area (Å²) in [4.78, 5) is 11.6. The van der Waals surface area contributed by atoms with Gasteiger partial charge < -0.3 is 10.8 Å². The minimum Gasteiger partial charge on any atom is -0.382 e. The van der Waals surface area contributed by atoms with Gasteiger partial charge in [-0.2, -0.15) is 0 Å². The highest BCUT2D eigenvalue weighted by Crippen LogP contribution is 2.13. The van der Waals surface area contributed by atoms with Gasteiger partial charge in [-0.1, -0.05) is 18.2 Å². The molecule has 0 atom stereocenters. The van der Waals surface area contributed by atoms with Crippen molar-refractivity contribution < 1.29 is 9.90 Å². The lowest BCUT2D eigenvalue weighted by Gasteiger charge is -2.15. The second-order valence-corrected chi connectivity index (χ2v) is 3.79. The number of aliphatic hydroxyl groups is 1. The quantitative estimate of drug-likeness (QED) is 0.706.